The lowest BCUT2D eigenvalue weighted by Gasteiger charge is -2.09. The van der Waals surface area contributed by atoms with E-state index in [9.17, 15) is 0 Å². The number of furan rings is 1. The highest BCUT2D eigenvalue weighted by atomic mass is 35.5. The van der Waals surface area contributed by atoms with E-state index in [2.05, 4.69) is 36.4 Å². The van der Waals surface area contributed by atoms with Gasteiger partial charge >= 0.3 is 0 Å². The Kier molecular flexibility index (Phi) is 3.94. The van der Waals surface area contributed by atoms with Crippen LogP contribution in [-0.2, 0) is 0 Å². The molecule has 2 nitrogen and oxygen atoms in total. The van der Waals surface area contributed by atoms with Crippen LogP contribution in [0.2, 0.25) is 0 Å². The third-order valence-corrected chi connectivity index (χ3v) is 3.57. The van der Waals surface area contributed by atoms with Gasteiger partial charge in [-0.2, -0.15) is 0 Å². The van der Waals surface area contributed by atoms with Crippen molar-refractivity contribution in [3.63, 3.8) is 0 Å². The molecule has 0 unspecified atom stereocenters. The molecule has 0 amide bonds. The van der Waals surface area contributed by atoms with Crippen molar-refractivity contribution in [3.05, 3.63) is 79.1 Å². The van der Waals surface area contributed by atoms with Gasteiger partial charge in [-0.25, -0.2) is 4.98 Å². The van der Waals surface area contributed by atoms with E-state index in [0.717, 1.165) is 22.4 Å². The summed E-state index contributed by atoms with van der Waals surface area (Å²) in [7, 11) is 0. The first-order valence-corrected chi connectivity index (χ1v) is 6.91. The Hall–Kier alpha value is -2.58. The highest BCUT2D eigenvalue weighted by Crippen LogP contribution is 2.31. The van der Waals surface area contributed by atoms with Crippen LogP contribution in [0.1, 0.15) is 0 Å². The predicted molar refractivity (Wildman–Crippen MR) is 92.1 cm³/mol. The molecule has 2 aromatic heterocycles. The molecule has 3 heteroatoms. The number of para-hydroxylation sites is 1. The van der Waals surface area contributed by atoms with E-state index in [1.165, 1.54) is 11.1 Å². The van der Waals surface area contributed by atoms with E-state index in [1.54, 1.807) is 6.26 Å². The molecule has 4 aromatic rings. The summed E-state index contributed by atoms with van der Waals surface area (Å²) in [4.78, 5) is 4.71. The summed E-state index contributed by atoms with van der Waals surface area (Å²) in [6.45, 7) is 0. The van der Waals surface area contributed by atoms with E-state index in [0.29, 0.717) is 0 Å². The summed E-state index contributed by atoms with van der Waals surface area (Å²) >= 11 is 0. The quantitative estimate of drug-likeness (QED) is 0.483. The van der Waals surface area contributed by atoms with Crippen molar-refractivity contribution in [2.24, 2.45) is 0 Å². The molecule has 0 saturated carbocycles. The number of halogens is 1. The smallest absolute Gasteiger partial charge is 0.152 e. The number of hydrogen-bond donors (Lipinski definition) is 0. The van der Waals surface area contributed by atoms with Crippen LogP contribution in [0.3, 0.4) is 0 Å². The molecule has 22 heavy (non-hydrogen) atoms. The van der Waals surface area contributed by atoms with E-state index < -0.39 is 0 Å². The molecule has 0 aliphatic rings. The van der Waals surface area contributed by atoms with Gasteiger partial charge in [-0.1, -0.05) is 48.5 Å². The van der Waals surface area contributed by atoms with Crippen molar-refractivity contribution in [1.82, 2.24) is 4.98 Å². The van der Waals surface area contributed by atoms with Crippen molar-refractivity contribution in [2.45, 2.75) is 0 Å². The SMILES string of the molecule is Cl.c1ccc(-c2cc(-c3ccco3)nc3ccccc23)cc1. The first-order chi connectivity index (χ1) is 10.4. The zero-order valence-electron chi connectivity index (χ0n) is 11.8. The number of fused-ring (bicyclic) bond motifs is 1. The zero-order valence-corrected chi connectivity index (χ0v) is 12.6. The second kappa shape index (κ2) is 6.04. The topological polar surface area (TPSA) is 26.0 Å². The average molecular weight is 308 g/mol. The van der Waals surface area contributed by atoms with Crippen LogP contribution in [0.25, 0.3) is 33.5 Å². The number of hydrogen-bond acceptors (Lipinski definition) is 2. The predicted octanol–water partition coefficient (Wildman–Crippen LogP) is 5.58. The van der Waals surface area contributed by atoms with Crippen LogP contribution in [-0.4, -0.2) is 4.98 Å². The second-order valence-electron chi connectivity index (χ2n) is 4.92. The van der Waals surface area contributed by atoms with Gasteiger partial charge in [0, 0.05) is 5.39 Å². The van der Waals surface area contributed by atoms with Gasteiger partial charge in [0.1, 0.15) is 5.69 Å². The molecular weight excluding hydrogens is 294 g/mol. The molecule has 108 valence electrons. The average Bonchev–Trinajstić information content (AvgIpc) is 3.09. The van der Waals surface area contributed by atoms with Gasteiger partial charge in [0.2, 0.25) is 0 Å². The van der Waals surface area contributed by atoms with E-state index in [4.69, 9.17) is 9.40 Å². The molecule has 2 heterocycles. The Morgan fingerprint density at radius 1 is 0.773 bits per heavy atom. The number of nitrogens with zero attached hydrogens (tertiary/aromatic N) is 1. The lowest BCUT2D eigenvalue weighted by Crippen LogP contribution is -1.88. The molecule has 0 aliphatic heterocycles. The third-order valence-electron chi connectivity index (χ3n) is 3.57. The molecular formula is C19H14ClNO. The molecule has 0 saturated heterocycles. The van der Waals surface area contributed by atoms with Crippen LogP contribution in [0.5, 0.6) is 0 Å². The van der Waals surface area contributed by atoms with Crippen molar-refractivity contribution in [2.75, 3.05) is 0 Å². The van der Waals surface area contributed by atoms with Crippen molar-refractivity contribution in [3.8, 4) is 22.6 Å². The summed E-state index contributed by atoms with van der Waals surface area (Å²) in [5.41, 5.74) is 4.19. The van der Waals surface area contributed by atoms with Crippen molar-refractivity contribution in [1.29, 1.82) is 0 Å². The van der Waals surface area contributed by atoms with Gasteiger partial charge in [-0.3, -0.25) is 0 Å². The van der Waals surface area contributed by atoms with E-state index >= 15 is 0 Å². The molecule has 0 N–H and O–H groups in total. The molecule has 0 bridgehead atoms. The Bertz CT molecular complexity index is 886. The molecule has 0 spiro atoms. The first-order valence-electron chi connectivity index (χ1n) is 6.91. The molecule has 2 aromatic carbocycles. The fourth-order valence-corrected chi connectivity index (χ4v) is 2.58. The van der Waals surface area contributed by atoms with Crippen LogP contribution in [0, 0.1) is 0 Å². The van der Waals surface area contributed by atoms with Crippen molar-refractivity contribution < 1.29 is 4.42 Å². The maximum Gasteiger partial charge on any atom is 0.152 e. The largest absolute Gasteiger partial charge is 0.463 e. The molecule has 0 aliphatic carbocycles. The second-order valence-corrected chi connectivity index (χ2v) is 4.92. The van der Waals surface area contributed by atoms with E-state index in [-0.39, 0.29) is 12.4 Å². The van der Waals surface area contributed by atoms with Gasteiger partial charge < -0.3 is 4.42 Å². The first kappa shape index (κ1) is 14.4. The van der Waals surface area contributed by atoms with Gasteiger partial charge in [-0.15, -0.1) is 12.4 Å². The molecule has 0 radical (unpaired) electrons. The minimum absolute atomic E-state index is 0. The zero-order chi connectivity index (χ0) is 14.1. The van der Waals surface area contributed by atoms with Crippen LogP contribution < -0.4 is 0 Å². The number of pyridine rings is 1. The van der Waals surface area contributed by atoms with Crippen LogP contribution in [0.4, 0.5) is 0 Å². The summed E-state index contributed by atoms with van der Waals surface area (Å²) in [5.74, 6) is 0.790. The fourth-order valence-electron chi connectivity index (χ4n) is 2.58. The number of aromatic nitrogens is 1. The molecule has 4 rings (SSSR count). The highest BCUT2D eigenvalue weighted by molar-refractivity contribution is 5.96. The van der Waals surface area contributed by atoms with E-state index in [1.807, 2.05) is 36.4 Å². The highest BCUT2D eigenvalue weighted by Gasteiger charge is 2.10. The van der Waals surface area contributed by atoms with Gasteiger partial charge in [0.25, 0.3) is 0 Å². The lowest BCUT2D eigenvalue weighted by atomic mass is 10.00. The van der Waals surface area contributed by atoms with Gasteiger partial charge in [-0.05, 0) is 35.4 Å². The Labute approximate surface area is 134 Å². The minimum Gasteiger partial charge on any atom is -0.463 e. The monoisotopic (exact) mass is 307 g/mol. The number of rotatable bonds is 2. The van der Waals surface area contributed by atoms with Crippen LogP contribution >= 0.6 is 12.4 Å². The standard InChI is InChI=1S/C19H13NO.ClH/c1-2-7-14(8-3-1)16-13-18(19-11-6-12-21-19)20-17-10-5-4-9-15(16)17;/h1-13H;1H. The third kappa shape index (κ3) is 2.49. The maximum atomic E-state index is 5.50. The molecule has 0 fully saturated rings. The minimum atomic E-state index is 0. The fraction of sp³-hybridized carbons (Fsp3) is 0. The Balaban J connectivity index is 0.00000144. The van der Waals surface area contributed by atoms with Gasteiger partial charge in [0.15, 0.2) is 5.76 Å². The molecule has 0 atom stereocenters. The summed E-state index contributed by atoms with van der Waals surface area (Å²) < 4.78 is 5.50. The summed E-state index contributed by atoms with van der Waals surface area (Å²) in [6.07, 6.45) is 1.67. The normalized spacial score (nSPS) is 10.4. The van der Waals surface area contributed by atoms with Crippen LogP contribution in [0.15, 0.2) is 83.5 Å². The Morgan fingerprint density at radius 3 is 2.32 bits per heavy atom. The number of benzene rings is 2. The lowest BCUT2D eigenvalue weighted by molar-refractivity contribution is 0.580. The van der Waals surface area contributed by atoms with Crippen molar-refractivity contribution >= 4 is 23.3 Å². The summed E-state index contributed by atoms with van der Waals surface area (Å²) in [6, 6.07) is 24.5. The maximum absolute atomic E-state index is 5.50. The Morgan fingerprint density at radius 2 is 1.55 bits per heavy atom. The van der Waals surface area contributed by atoms with Gasteiger partial charge in [0.05, 0.1) is 11.8 Å². The summed E-state index contributed by atoms with van der Waals surface area (Å²) in [5, 5.41) is 1.15.